The van der Waals surface area contributed by atoms with E-state index in [1.165, 1.54) is 7.11 Å². The lowest BCUT2D eigenvalue weighted by Gasteiger charge is -2.32. The Morgan fingerprint density at radius 1 is 1.19 bits per heavy atom. The van der Waals surface area contributed by atoms with Crippen molar-refractivity contribution in [3.63, 3.8) is 0 Å². The molecule has 0 bridgehead atoms. The molecule has 0 saturated carbocycles. The maximum absolute atomic E-state index is 12.6. The zero-order chi connectivity index (χ0) is 20.0. The van der Waals surface area contributed by atoms with Crippen LogP contribution >= 0.6 is 0 Å². The van der Waals surface area contributed by atoms with Gasteiger partial charge in [-0.25, -0.2) is 9.59 Å². The fraction of sp³-hybridized carbons (Fsp3) is 0.400. The Morgan fingerprint density at radius 3 is 2.52 bits per heavy atom. The Hall–Kier alpha value is -2.72. The molecule has 0 aliphatic carbocycles. The summed E-state index contributed by atoms with van der Waals surface area (Å²) in [5, 5.41) is 0. The molecule has 1 amide bonds. The van der Waals surface area contributed by atoms with Crippen LogP contribution < -0.4 is 4.90 Å². The molecule has 0 aromatic heterocycles. The molecule has 0 radical (unpaired) electrons. The molecule has 0 saturated heterocycles. The van der Waals surface area contributed by atoms with Crippen LogP contribution in [0.25, 0.3) is 5.57 Å². The number of carbonyl (C=O) groups is 2. The minimum absolute atomic E-state index is 0.0332. The Morgan fingerprint density at radius 2 is 1.89 bits per heavy atom. The molecular formula is C20H25NO5Si. The van der Waals surface area contributed by atoms with E-state index in [0.717, 1.165) is 11.1 Å². The quantitative estimate of drug-likeness (QED) is 0.444. The van der Waals surface area contributed by atoms with Gasteiger partial charge in [-0.15, -0.1) is 5.54 Å². The molecule has 27 heavy (non-hydrogen) atoms. The number of amides is 1. The molecule has 1 unspecified atom stereocenters. The van der Waals surface area contributed by atoms with Crippen molar-refractivity contribution in [1.29, 1.82) is 0 Å². The molecule has 1 aromatic carbocycles. The van der Waals surface area contributed by atoms with Crippen molar-refractivity contribution >= 4 is 31.6 Å². The first-order valence-corrected chi connectivity index (χ1v) is 12.3. The zero-order valence-electron chi connectivity index (χ0n) is 16.4. The number of benzene rings is 1. The van der Waals surface area contributed by atoms with E-state index >= 15 is 0 Å². The number of carbonyl (C=O) groups excluding carboxylic acids is 2. The highest BCUT2D eigenvalue weighted by atomic mass is 28.3. The van der Waals surface area contributed by atoms with E-state index in [2.05, 4.69) is 35.8 Å². The first kappa shape index (κ1) is 20.6. The molecule has 0 N–H and O–H groups in total. The van der Waals surface area contributed by atoms with Crippen LogP contribution in [0.1, 0.15) is 12.5 Å². The Bertz CT molecular complexity index is 801. The SMILES string of the molecule is CCOC(=O)N1c2ccccc2C(COC(=O)OC)=CC1C#C[Si](C)(C)C. The second-order valence-corrected chi connectivity index (χ2v) is 11.7. The number of para-hydroxylation sites is 1. The number of hydrogen-bond acceptors (Lipinski definition) is 5. The predicted molar refractivity (Wildman–Crippen MR) is 107 cm³/mol. The van der Waals surface area contributed by atoms with Crippen molar-refractivity contribution in [3.05, 3.63) is 35.9 Å². The predicted octanol–water partition coefficient (Wildman–Crippen LogP) is 4.08. The summed E-state index contributed by atoms with van der Waals surface area (Å²) in [7, 11) is -0.394. The van der Waals surface area contributed by atoms with Gasteiger partial charge in [0, 0.05) is 5.56 Å². The molecule has 1 aromatic rings. The largest absolute Gasteiger partial charge is 0.508 e. The summed E-state index contributed by atoms with van der Waals surface area (Å²) in [6, 6.07) is 6.92. The average molecular weight is 388 g/mol. The minimum Gasteiger partial charge on any atom is -0.449 e. The number of hydrogen-bond donors (Lipinski definition) is 0. The number of ether oxygens (including phenoxy) is 3. The van der Waals surface area contributed by atoms with Crippen LogP contribution in [0.2, 0.25) is 19.6 Å². The zero-order valence-corrected chi connectivity index (χ0v) is 17.4. The van der Waals surface area contributed by atoms with Crippen LogP contribution in [0, 0.1) is 11.5 Å². The van der Waals surface area contributed by atoms with Gasteiger partial charge in [-0.05, 0) is 24.6 Å². The lowest BCUT2D eigenvalue weighted by Crippen LogP contribution is -2.42. The normalized spacial score (nSPS) is 15.7. The van der Waals surface area contributed by atoms with Gasteiger partial charge in [-0.3, -0.25) is 4.90 Å². The minimum atomic E-state index is -1.65. The number of methoxy groups -OCH3 is 1. The number of rotatable bonds is 3. The summed E-state index contributed by atoms with van der Waals surface area (Å²) in [5.41, 5.74) is 5.55. The summed E-state index contributed by atoms with van der Waals surface area (Å²) in [5.74, 6) is 3.21. The second kappa shape index (κ2) is 8.78. The summed E-state index contributed by atoms with van der Waals surface area (Å²) >= 11 is 0. The third-order valence-electron chi connectivity index (χ3n) is 3.72. The van der Waals surface area contributed by atoms with Crippen LogP contribution in [0.5, 0.6) is 0 Å². The number of nitrogens with zero attached hydrogens (tertiary/aromatic N) is 1. The molecule has 2 rings (SSSR count). The van der Waals surface area contributed by atoms with Gasteiger partial charge >= 0.3 is 12.2 Å². The third kappa shape index (κ3) is 5.38. The molecular weight excluding hydrogens is 362 g/mol. The van der Waals surface area contributed by atoms with Crippen LogP contribution in [-0.4, -0.2) is 46.7 Å². The Labute approximate surface area is 161 Å². The van der Waals surface area contributed by atoms with E-state index in [9.17, 15) is 9.59 Å². The molecule has 0 fully saturated rings. The second-order valence-electron chi connectivity index (χ2n) is 6.98. The molecule has 1 atom stereocenters. The maximum atomic E-state index is 12.6. The summed E-state index contributed by atoms with van der Waals surface area (Å²) in [6.45, 7) is 8.48. The fourth-order valence-corrected chi connectivity index (χ4v) is 3.16. The van der Waals surface area contributed by atoms with Crippen molar-refractivity contribution in [3.8, 4) is 11.5 Å². The van der Waals surface area contributed by atoms with Crippen molar-refractivity contribution in [2.75, 3.05) is 25.2 Å². The van der Waals surface area contributed by atoms with E-state index in [4.69, 9.17) is 9.47 Å². The van der Waals surface area contributed by atoms with Crippen LogP contribution in [0.15, 0.2) is 30.3 Å². The van der Waals surface area contributed by atoms with E-state index in [0.29, 0.717) is 5.69 Å². The average Bonchev–Trinajstić information content (AvgIpc) is 2.63. The highest BCUT2D eigenvalue weighted by Gasteiger charge is 2.31. The van der Waals surface area contributed by atoms with E-state index in [1.807, 2.05) is 30.3 Å². The van der Waals surface area contributed by atoms with Crippen molar-refractivity contribution in [2.24, 2.45) is 0 Å². The van der Waals surface area contributed by atoms with Gasteiger partial charge in [0.15, 0.2) is 0 Å². The standard InChI is InChI=1S/C20H25NO5Si/c1-6-25-19(22)21-16(11-12-27(3,4)5)13-15(14-26-20(23)24-2)17-9-7-8-10-18(17)21/h7-10,13,16H,6,14H2,1-5H3. The van der Waals surface area contributed by atoms with Crippen LogP contribution in [0.4, 0.5) is 15.3 Å². The molecule has 7 heteroatoms. The van der Waals surface area contributed by atoms with Gasteiger partial charge < -0.3 is 14.2 Å². The topological polar surface area (TPSA) is 65.1 Å². The highest BCUT2D eigenvalue weighted by Crippen LogP contribution is 2.34. The van der Waals surface area contributed by atoms with Gasteiger partial charge in [-0.1, -0.05) is 43.8 Å². The van der Waals surface area contributed by atoms with Gasteiger partial charge in [-0.2, -0.15) is 0 Å². The molecule has 0 spiro atoms. The smallest absolute Gasteiger partial charge is 0.449 e. The molecule has 1 heterocycles. The summed E-state index contributed by atoms with van der Waals surface area (Å²) in [4.78, 5) is 25.6. The van der Waals surface area contributed by atoms with Crippen molar-refractivity contribution in [2.45, 2.75) is 32.6 Å². The van der Waals surface area contributed by atoms with Gasteiger partial charge in [0.2, 0.25) is 0 Å². The maximum Gasteiger partial charge on any atom is 0.508 e. The lowest BCUT2D eigenvalue weighted by molar-refractivity contribution is 0.0832. The summed E-state index contributed by atoms with van der Waals surface area (Å²) < 4.78 is 14.9. The highest BCUT2D eigenvalue weighted by molar-refractivity contribution is 6.83. The number of anilines is 1. The third-order valence-corrected chi connectivity index (χ3v) is 4.61. The fourth-order valence-electron chi connectivity index (χ4n) is 2.58. The molecule has 6 nitrogen and oxygen atoms in total. The van der Waals surface area contributed by atoms with Crippen LogP contribution in [0.3, 0.4) is 0 Å². The molecule has 1 aliphatic rings. The Balaban J connectivity index is 2.50. The van der Waals surface area contributed by atoms with Gasteiger partial charge in [0.05, 0.1) is 19.4 Å². The van der Waals surface area contributed by atoms with Gasteiger partial charge in [0.25, 0.3) is 0 Å². The van der Waals surface area contributed by atoms with Gasteiger partial charge in [0.1, 0.15) is 20.7 Å². The summed E-state index contributed by atoms with van der Waals surface area (Å²) in [6.07, 6.45) is 0.630. The van der Waals surface area contributed by atoms with E-state index < -0.39 is 26.4 Å². The first-order chi connectivity index (χ1) is 12.8. The van der Waals surface area contributed by atoms with Crippen molar-refractivity contribution in [1.82, 2.24) is 0 Å². The first-order valence-electron chi connectivity index (χ1n) is 8.76. The molecule has 1 aliphatic heterocycles. The monoisotopic (exact) mass is 387 g/mol. The lowest BCUT2D eigenvalue weighted by atomic mass is 9.96. The number of fused-ring (bicyclic) bond motifs is 1. The molecule has 144 valence electrons. The van der Waals surface area contributed by atoms with Crippen LogP contribution in [-0.2, 0) is 14.2 Å². The Kier molecular flexibility index (Phi) is 6.69. The van der Waals surface area contributed by atoms with E-state index in [1.54, 1.807) is 11.8 Å². The van der Waals surface area contributed by atoms with Crippen molar-refractivity contribution < 1.29 is 23.8 Å². The van der Waals surface area contributed by atoms with E-state index in [-0.39, 0.29) is 13.2 Å².